The van der Waals surface area contributed by atoms with E-state index in [1.54, 1.807) is 0 Å². The average molecular weight is 535 g/mol. The van der Waals surface area contributed by atoms with Crippen LogP contribution in [0.15, 0.2) is 133 Å². The summed E-state index contributed by atoms with van der Waals surface area (Å²) in [5, 5.41) is 13.9. The summed E-state index contributed by atoms with van der Waals surface area (Å²) < 4.78 is 4.58. The molecule has 0 saturated heterocycles. The zero-order valence-electron chi connectivity index (χ0n) is 22.5. The van der Waals surface area contributed by atoms with Crippen LogP contribution in [0.25, 0.3) is 71.0 Å². The van der Waals surface area contributed by atoms with E-state index < -0.39 is 0 Å². The number of nitrogens with zero attached hydrogens (tertiary/aromatic N) is 4. The number of para-hydroxylation sites is 3. The highest BCUT2D eigenvalue weighted by Crippen LogP contribution is 2.41. The number of hydrogen-bond acceptors (Lipinski definition) is 1. The van der Waals surface area contributed by atoms with Gasteiger partial charge in [-0.15, -0.1) is 0 Å². The van der Waals surface area contributed by atoms with Crippen LogP contribution < -0.4 is 0 Å². The van der Waals surface area contributed by atoms with Crippen molar-refractivity contribution in [2.24, 2.45) is 0 Å². The second-order valence-corrected chi connectivity index (χ2v) is 10.4. The van der Waals surface area contributed by atoms with Gasteiger partial charge in [-0.1, -0.05) is 66.7 Å². The van der Waals surface area contributed by atoms with Crippen LogP contribution in [0.1, 0.15) is 5.56 Å². The van der Waals surface area contributed by atoms with Crippen molar-refractivity contribution in [3.8, 4) is 28.6 Å². The highest BCUT2D eigenvalue weighted by atomic mass is 15.0. The monoisotopic (exact) mass is 534 g/mol. The fourth-order valence-electron chi connectivity index (χ4n) is 6.31. The minimum Gasteiger partial charge on any atom is -0.309 e. The van der Waals surface area contributed by atoms with Crippen molar-refractivity contribution in [3.63, 3.8) is 0 Å². The van der Waals surface area contributed by atoms with E-state index in [-0.39, 0.29) is 0 Å². The van der Waals surface area contributed by atoms with Gasteiger partial charge >= 0.3 is 0 Å². The lowest BCUT2D eigenvalue weighted by Gasteiger charge is -2.12. The predicted octanol–water partition coefficient (Wildman–Crippen LogP) is 9.97. The van der Waals surface area contributed by atoms with Gasteiger partial charge < -0.3 is 9.13 Å². The summed E-state index contributed by atoms with van der Waals surface area (Å²) in [7, 11) is 0. The SMILES string of the molecule is [C-]#[N+]c1ccc2c(c1)c1cc(-c3cccc4c5ccccc5n(-c5ccccc5)c34)ccc1n2-c1ccc(C#N)cc1. The van der Waals surface area contributed by atoms with Crippen LogP contribution in [0.5, 0.6) is 0 Å². The molecule has 0 spiro atoms. The molecular weight excluding hydrogens is 512 g/mol. The Kier molecular flexibility index (Phi) is 5.22. The van der Waals surface area contributed by atoms with Crippen LogP contribution in [-0.4, -0.2) is 9.13 Å². The molecule has 0 N–H and O–H groups in total. The van der Waals surface area contributed by atoms with E-state index in [1.165, 1.54) is 21.8 Å². The zero-order valence-corrected chi connectivity index (χ0v) is 22.5. The Balaban J connectivity index is 1.45. The Morgan fingerprint density at radius 3 is 2.00 bits per heavy atom. The molecular formula is C38H22N4. The average Bonchev–Trinajstić information content (AvgIpc) is 3.57. The molecule has 4 heteroatoms. The van der Waals surface area contributed by atoms with Crippen molar-refractivity contribution in [1.29, 1.82) is 5.26 Å². The van der Waals surface area contributed by atoms with Crippen LogP contribution in [-0.2, 0) is 0 Å². The molecule has 0 radical (unpaired) electrons. The Morgan fingerprint density at radius 1 is 0.548 bits per heavy atom. The summed E-state index contributed by atoms with van der Waals surface area (Å²) in [5.41, 5.74) is 10.0. The van der Waals surface area contributed by atoms with Crippen LogP contribution in [0, 0.1) is 17.9 Å². The molecule has 4 nitrogen and oxygen atoms in total. The van der Waals surface area contributed by atoms with Gasteiger partial charge in [0.25, 0.3) is 0 Å². The van der Waals surface area contributed by atoms with E-state index in [1.807, 2.05) is 48.5 Å². The normalized spacial score (nSPS) is 11.3. The van der Waals surface area contributed by atoms with Gasteiger partial charge in [0.1, 0.15) is 0 Å². The second kappa shape index (κ2) is 9.24. The first-order valence-corrected chi connectivity index (χ1v) is 13.8. The number of benzene rings is 6. The smallest absolute Gasteiger partial charge is 0.188 e. The third-order valence-electron chi connectivity index (χ3n) is 8.15. The van der Waals surface area contributed by atoms with Gasteiger partial charge in [-0.3, -0.25) is 0 Å². The molecule has 0 fully saturated rings. The van der Waals surface area contributed by atoms with Crippen LogP contribution in [0.4, 0.5) is 5.69 Å². The molecule has 8 aromatic rings. The highest BCUT2D eigenvalue weighted by molar-refractivity contribution is 6.16. The maximum absolute atomic E-state index is 9.33. The lowest BCUT2D eigenvalue weighted by molar-refractivity contribution is 1.18. The van der Waals surface area contributed by atoms with E-state index in [4.69, 9.17) is 6.57 Å². The summed E-state index contributed by atoms with van der Waals surface area (Å²) in [4.78, 5) is 3.72. The zero-order chi connectivity index (χ0) is 28.2. The van der Waals surface area contributed by atoms with Gasteiger partial charge in [0, 0.05) is 33.1 Å². The maximum Gasteiger partial charge on any atom is 0.188 e. The first-order valence-electron chi connectivity index (χ1n) is 13.8. The molecule has 2 aromatic heterocycles. The van der Waals surface area contributed by atoms with Crippen molar-refractivity contribution in [1.82, 2.24) is 9.13 Å². The number of aromatic nitrogens is 2. The second-order valence-electron chi connectivity index (χ2n) is 10.4. The quantitative estimate of drug-likeness (QED) is 0.208. The molecule has 194 valence electrons. The summed E-state index contributed by atoms with van der Waals surface area (Å²) in [6.45, 7) is 7.65. The number of nitriles is 1. The third kappa shape index (κ3) is 3.47. The van der Waals surface area contributed by atoms with Gasteiger partial charge in [0.05, 0.1) is 40.3 Å². The summed E-state index contributed by atoms with van der Waals surface area (Å²) in [6.07, 6.45) is 0. The Labute approximate surface area is 242 Å². The molecule has 42 heavy (non-hydrogen) atoms. The van der Waals surface area contributed by atoms with Crippen LogP contribution in [0.3, 0.4) is 0 Å². The van der Waals surface area contributed by atoms with E-state index in [9.17, 15) is 5.26 Å². The van der Waals surface area contributed by atoms with Gasteiger partial charge in [0.15, 0.2) is 5.69 Å². The standard InChI is InChI=1S/C38H22N4/c1-40-27-17-21-37-34(23-27)33-22-26(16-20-36(33)41(37)29-18-14-25(24-39)15-19-29)30-11-7-12-32-31-10-5-6-13-35(31)42(38(30)32)28-8-3-2-4-9-28/h2-23H. The van der Waals surface area contributed by atoms with E-state index in [2.05, 4.69) is 105 Å². The first-order chi connectivity index (χ1) is 20.7. The molecule has 2 heterocycles. The Hall–Kier alpha value is -6.10. The van der Waals surface area contributed by atoms with Gasteiger partial charge in [-0.05, 0) is 77.7 Å². The number of hydrogen-bond donors (Lipinski definition) is 0. The number of fused-ring (bicyclic) bond motifs is 6. The molecule has 0 aliphatic carbocycles. The van der Waals surface area contributed by atoms with Crippen molar-refractivity contribution in [3.05, 3.63) is 150 Å². The molecule has 0 amide bonds. The summed E-state index contributed by atoms with van der Waals surface area (Å²) >= 11 is 0. The van der Waals surface area contributed by atoms with Crippen LogP contribution in [0.2, 0.25) is 0 Å². The Morgan fingerprint density at radius 2 is 1.21 bits per heavy atom. The molecule has 6 aromatic carbocycles. The molecule has 0 bridgehead atoms. The van der Waals surface area contributed by atoms with Gasteiger partial charge in [0.2, 0.25) is 0 Å². The van der Waals surface area contributed by atoms with Crippen molar-refractivity contribution >= 4 is 49.3 Å². The molecule has 8 rings (SSSR count). The summed E-state index contributed by atoms with van der Waals surface area (Å²) in [5.74, 6) is 0. The van der Waals surface area contributed by atoms with E-state index in [0.29, 0.717) is 11.3 Å². The maximum atomic E-state index is 9.33. The van der Waals surface area contributed by atoms with Crippen LogP contribution >= 0.6 is 0 Å². The van der Waals surface area contributed by atoms with E-state index in [0.717, 1.165) is 44.3 Å². The van der Waals surface area contributed by atoms with Crippen molar-refractivity contribution < 1.29 is 0 Å². The predicted molar refractivity (Wildman–Crippen MR) is 172 cm³/mol. The molecule has 0 aliphatic rings. The molecule has 0 unspecified atom stereocenters. The number of rotatable bonds is 3. The van der Waals surface area contributed by atoms with Gasteiger partial charge in [-0.25, -0.2) is 4.85 Å². The minimum absolute atomic E-state index is 0.609. The van der Waals surface area contributed by atoms with Crippen molar-refractivity contribution in [2.75, 3.05) is 0 Å². The molecule has 0 saturated carbocycles. The largest absolute Gasteiger partial charge is 0.309 e. The van der Waals surface area contributed by atoms with Gasteiger partial charge in [-0.2, -0.15) is 5.26 Å². The topological polar surface area (TPSA) is 38.0 Å². The lowest BCUT2D eigenvalue weighted by atomic mass is 9.99. The molecule has 0 aliphatic heterocycles. The third-order valence-corrected chi connectivity index (χ3v) is 8.15. The lowest BCUT2D eigenvalue weighted by Crippen LogP contribution is -1.95. The summed E-state index contributed by atoms with van der Waals surface area (Å²) in [6, 6.07) is 48.0. The Bertz CT molecular complexity index is 2410. The highest BCUT2D eigenvalue weighted by Gasteiger charge is 2.18. The molecule has 0 atom stereocenters. The minimum atomic E-state index is 0.609. The van der Waals surface area contributed by atoms with E-state index >= 15 is 0 Å². The van der Waals surface area contributed by atoms with Crippen molar-refractivity contribution in [2.45, 2.75) is 0 Å². The first kappa shape index (κ1) is 23.8. The fourth-order valence-corrected chi connectivity index (χ4v) is 6.31. The fraction of sp³-hybridized carbons (Fsp3) is 0.